The Hall–Kier alpha value is -1.11. The Balaban J connectivity index is 2.95. The minimum Gasteiger partial charge on any atom is -0.303 e. The van der Waals surface area contributed by atoms with Crippen LogP contribution in [0.4, 0.5) is 0 Å². The predicted octanol–water partition coefficient (Wildman–Crippen LogP) is 2.94. The van der Waals surface area contributed by atoms with Crippen molar-refractivity contribution in [1.29, 1.82) is 0 Å². The topological polar surface area (TPSA) is 17.1 Å². The zero-order chi connectivity index (χ0) is 9.73. The van der Waals surface area contributed by atoms with E-state index in [1.807, 2.05) is 18.2 Å². The number of hydrogen-bond acceptors (Lipinski definition) is 1. The van der Waals surface area contributed by atoms with Crippen LogP contribution in [0.15, 0.2) is 30.3 Å². The summed E-state index contributed by atoms with van der Waals surface area (Å²) in [5.74, 6) is 0. The summed E-state index contributed by atoms with van der Waals surface area (Å²) < 4.78 is 0. The molecule has 0 heterocycles. The Kier molecular flexibility index (Phi) is 3.24. The van der Waals surface area contributed by atoms with Crippen LogP contribution in [-0.4, -0.2) is 6.29 Å². The molecule has 70 valence electrons. The summed E-state index contributed by atoms with van der Waals surface area (Å²) in [5.41, 5.74) is 1.27. The first kappa shape index (κ1) is 9.97. The van der Waals surface area contributed by atoms with E-state index < -0.39 is 0 Å². The molecule has 1 aromatic rings. The molecule has 0 aromatic heterocycles. The van der Waals surface area contributed by atoms with Gasteiger partial charge in [-0.15, -0.1) is 0 Å². The van der Waals surface area contributed by atoms with Gasteiger partial charge in [-0.05, 0) is 17.4 Å². The molecule has 0 aliphatic heterocycles. The monoisotopic (exact) mass is 176 g/mol. The maximum Gasteiger partial charge on any atom is 0.120 e. The Morgan fingerprint density at radius 3 is 2.38 bits per heavy atom. The molecule has 0 fully saturated rings. The third-order valence-electron chi connectivity index (χ3n) is 2.78. The highest BCUT2D eigenvalue weighted by Crippen LogP contribution is 2.29. The van der Waals surface area contributed by atoms with E-state index in [1.165, 1.54) is 5.56 Å². The molecular weight excluding hydrogens is 160 g/mol. The fourth-order valence-corrected chi connectivity index (χ4v) is 1.49. The fraction of sp³-hybridized carbons (Fsp3) is 0.417. The van der Waals surface area contributed by atoms with E-state index in [0.717, 1.165) is 12.7 Å². The van der Waals surface area contributed by atoms with Crippen LogP contribution in [0, 0.1) is 0 Å². The van der Waals surface area contributed by atoms with E-state index in [-0.39, 0.29) is 5.41 Å². The molecule has 0 N–H and O–H groups in total. The lowest BCUT2D eigenvalue weighted by molar-refractivity contribution is -0.108. The molecule has 1 nitrogen and oxygen atoms in total. The van der Waals surface area contributed by atoms with Gasteiger partial charge in [-0.3, -0.25) is 0 Å². The van der Waals surface area contributed by atoms with E-state index >= 15 is 0 Å². The van der Waals surface area contributed by atoms with Crippen molar-refractivity contribution in [3.05, 3.63) is 35.9 Å². The molecule has 0 saturated heterocycles. The smallest absolute Gasteiger partial charge is 0.120 e. The summed E-state index contributed by atoms with van der Waals surface area (Å²) in [5, 5.41) is 0. The third kappa shape index (κ3) is 2.18. The zero-order valence-electron chi connectivity index (χ0n) is 8.29. The molecule has 0 aliphatic carbocycles. The van der Waals surface area contributed by atoms with Crippen LogP contribution < -0.4 is 0 Å². The van der Waals surface area contributed by atoms with E-state index in [9.17, 15) is 4.79 Å². The Morgan fingerprint density at radius 2 is 1.92 bits per heavy atom. The lowest BCUT2D eigenvalue weighted by Crippen LogP contribution is -2.21. The average Bonchev–Trinajstić information content (AvgIpc) is 2.19. The third-order valence-corrected chi connectivity index (χ3v) is 2.78. The van der Waals surface area contributed by atoms with Gasteiger partial charge in [0, 0.05) is 6.42 Å². The van der Waals surface area contributed by atoms with Crippen LogP contribution in [0.2, 0.25) is 0 Å². The van der Waals surface area contributed by atoms with Gasteiger partial charge >= 0.3 is 0 Å². The zero-order valence-corrected chi connectivity index (χ0v) is 8.29. The molecule has 0 saturated carbocycles. The van der Waals surface area contributed by atoms with Crippen molar-refractivity contribution < 1.29 is 4.79 Å². The SMILES string of the molecule is CC[C@](C)(CC=O)c1ccccc1. The minimum absolute atomic E-state index is 0.0169. The van der Waals surface area contributed by atoms with Crippen molar-refractivity contribution in [3.8, 4) is 0 Å². The van der Waals surface area contributed by atoms with E-state index in [0.29, 0.717) is 6.42 Å². The van der Waals surface area contributed by atoms with E-state index in [4.69, 9.17) is 0 Å². The van der Waals surface area contributed by atoms with Crippen molar-refractivity contribution in [3.63, 3.8) is 0 Å². The first-order valence-electron chi connectivity index (χ1n) is 4.72. The fourth-order valence-electron chi connectivity index (χ4n) is 1.49. The second kappa shape index (κ2) is 4.22. The summed E-state index contributed by atoms with van der Waals surface area (Å²) in [6.07, 6.45) is 2.61. The number of benzene rings is 1. The van der Waals surface area contributed by atoms with Gasteiger partial charge in [0.1, 0.15) is 6.29 Å². The van der Waals surface area contributed by atoms with Gasteiger partial charge in [0.25, 0.3) is 0 Å². The predicted molar refractivity (Wildman–Crippen MR) is 54.8 cm³/mol. The molecule has 1 rings (SSSR count). The Morgan fingerprint density at radius 1 is 1.31 bits per heavy atom. The summed E-state index contributed by atoms with van der Waals surface area (Å²) >= 11 is 0. The largest absolute Gasteiger partial charge is 0.303 e. The highest BCUT2D eigenvalue weighted by Gasteiger charge is 2.23. The van der Waals surface area contributed by atoms with E-state index in [2.05, 4.69) is 26.0 Å². The molecule has 1 heteroatoms. The van der Waals surface area contributed by atoms with Crippen molar-refractivity contribution >= 4 is 6.29 Å². The van der Waals surface area contributed by atoms with Crippen LogP contribution in [0.1, 0.15) is 32.3 Å². The van der Waals surface area contributed by atoms with Gasteiger partial charge in [-0.1, -0.05) is 44.2 Å². The van der Waals surface area contributed by atoms with Crippen LogP contribution >= 0.6 is 0 Å². The van der Waals surface area contributed by atoms with Gasteiger partial charge in [0.2, 0.25) is 0 Å². The van der Waals surface area contributed by atoms with Gasteiger partial charge in [-0.2, -0.15) is 0 Å². The molecule has 0 bridgehead atoms. The number of hydrogen-bond donors (Lipinski definition) is 0. The number of aldehydes is 1. The number of rotatable bonds is 4. The van der Waals surface area contributed by atoms with Gasteiger partial charge in [-0.25, -0.2) is 0 Å². The Bertz CT molecular complexity index is 266. The molecule has 1 atom stereocenters. The molecule has 0 unspecified atom stereocenters. The Labute approximate surface area is 79.8 Å². The van der Waals surface area contributed by atoms with Crippen LogP contribution in [0.25, 0.3) is 0 Å². The maximum atomic E-state index is 10.6. The van der Waals surface area contributed by atoms with Crippen LogP contribution in [0.3, 0.4) is 0 Å². The molecule has 0 spiro atoms. The highest BCUT2D eigenvalue weighted by atomic mass is 16.1. The van der Waals surface area contributed by atoms with Crippen molar-refractivity contribution in [2.24, 2.45) is 0 Å². The average molecular weight is 176 g/mol. The van der Waals surface area contributed by atoms with Crippen molar-refractivity contribution in [2.75, 3.05) is 0 Å². The summed E-state index contributed by atoms with van der Waals surface area (Å²) in [4.78, 5) is 10.6. The minimum atomic E-state index is 0.0169. The standard InChI is InChI=1S/C12H16O/c1-3-12(2,9-10-13)11-7-5-4-6-8-11/h4-8,10H,3,9H2,1-2H3/t12-/m1/s1. The summed E-state index contributed by atoms with van der Waals surface area (Å²) in [6, 6.07) is 10.2. The lowest BCUT2D eigenvalue weighted by Gasteiger charge is -2.26. The van der Waals surface area contributed by atoms with Crippen LogP contribution in [0.5, 0.6) is 0 Å². The number of carbonyl (C=O) groups is 1. The van der Waals surface area contributed by atoms with Gasteiger partial charge in [0.05, 0.1) is 0 Å². The quantitative estimate of drug-likeness (QED) is 0.645. The van der Waals surface area contributed by atoms with Crippen molar-refractivity contribution in [2.45, 2.75) is 32.1 Å². The molecule has 0 aliphatic rings. The van der Waals surface area contributed by atoms with Crippen LogP contribution in [-0.2, 0) is 10.2 Å². The highest BCUT2D eigenvalue weighted by molar-refractivity contribution is 5.53. The second-order valence-corrected chi connectivity index (χ2v) is 3.65. The second-order valence-electron chi connectivity index (χ2n) is 3.65. The van der Waals surface area contributed by atoms with Gasteiger partial charge < -0.3 is 4.79 Å². The first-order valence-corrected chi connectivity index (χ1v) is 4.72. The molecule has 0 amide bonds. The first-order chi connectivity index (χ1) is 6.23. The summed E-state index contributed by atoms with van der Waals surface area (Å²) in [6.45, 7) is 4.26. The van der Waals surface area contributed by atoms with Crippen molar-refractivity contribution in [1.82, 2.24) is 0 Å². The maximum absolute atomic E-state index is 10.6. The molecule has 13 heavy (non-hydrogen) atoms. The molecular formula is C12H16O. The normalized spacial score (nSPS) is 14.9. The summed E-state index contributed by atoms with van der Waals surface area (Å²) in [7, 11) is 0. The van der Waals surface area contributed by atoms with E-state index in [1.54, 1.807) is 0 Å². The lowest BCUT2D eigenvalue weighted by atomic mass is 9.78. The molecule has 0 radical (unpaired) electrons. The van der Waals surface area contributed by atoms with Gasteiger partial charge in [0.15, 0.2) is 0 Å². The number of carbonyl (C=O) groups excluding carboxylic acids is 1. The molecule has 1 aromatic carbocycles.